The number of halogens is 3. The van der Waals surface area contributed by atoms with Crippen LogP contribution in [0.15, 0.2) is 16.9 Å². The van der Waals surface area contributed by atoms with Crippen molar-refractivity contribution < 1.29 is 18.3 Å². The predicted molar refractivity (Wildman–Crippen MR) is 74.3 cm³/mol. The van der Waals surface area contributed by atoms with Crippen molar-refractivity contribution in [2.24, 2.45) is 5.92 Å². The zero-order chi connectivity index (χ0) is 16.3. The molecular formula is C14H20F3N3O2. The Morgan fingerprint density at radius 1 is 1.32 bits per heavy atom. The van der Waals surface area contributed by atoms with Gasteiger partial charge in [-0.2, -0.15) is 18.3 Å². The van der Waals surface area contributed by atoms with Crippen molar-refractivity contribution in [3.05, 3.63) is 28.2 Å². The van der Waals surface area contributed by atoms with Crippen LogP contribution in [0.3, 0.4) is 0 Å². The summed E-state index contributed by atoms with van der Waals surface area (Å²) in [7, 11) is 0. The van der Waals surface area contributed by atoms with E-state index < -0.39 is 23.5 Å². The molecule has 0 amide bonds. The number of aliphatic hydroxyl groups is 1. The number of hydrogen-bond donors (Lipinski definition) is 1. The Morgan fingerprint density at radius 3 is 2.55 bits per heavy atom. The molecule has 1 saturated heterocycles. The molecule has 1 aromatic heterocycles. The first-order valence-corrected chi connectivity index (χ1v) is 7.31. The summed E-state index contributed by atoms with van der Waals surface area (Å²) >= 11 is 0. The van der Waals surface area contributed by atoms with Crippen molar-refractivity contribution in [2.75, 3.05) is 19.6 Å². The lowest BCUT2D eigenvalue weighted by molar-refractivity contribution is -0.142. The quantitative estimate of drug-likeness (QED) is 0.910. The molecule has 8 heteroatoms. The number of alkyl halides is 3. The van der Waals surface area contributed by atoms with E-state index in [4.69, 9.17) is 0 Å². The molecule has 1 atom stereocenters. The minimum atomic E-state index is -4.61. The molecule has 1 aromatic rings. The first kappa shape index (κ1) is 17.0. The van der Waals surface area contributed by atoms with Gasteiger partial charge in [-0.15, -0.1) is 0 Å². The van der Waals surface area contributed by atoms with Crippen molar-refractivity contribution >= 4 is 0 Å². The lowest BCUT2D eigenvalue weighted by atomic mass is 9.99. The Labute approximate surface area is 126 Å². The maximum absolute atomic E-state index is 12.6. The highest BCUT2D eigenvalue weighted by molar-refractivity contribution is 5.04. The fourth-order valence-electron chi connectivity index (χ4n) is 2.53. The highest BCUT2D eigenvalue weighted by atomic mass is 19.4. The van der Waals surface area contributed by atoms with Crippen LogP contribution in [0.1, 0.15) is 25.5 Å². The summed E-state index contributed by atoms with van der Waals surface area (Å²) in [6.07, 6.45) is -3.46. The van der Waals surface area contributed by atoms with Gasteiger partial charge in [0.25, 0.3) is 5.56 Å². The van der Waals surface area contributed by atoms with Crippen LogP contribution in [0.5, 0.6) is 0 Å². The van der Waals surface area contributed by atoms with Crippen molar-refractivity contribution in [1.29, 1.82) is 0 Å². The Hall–Kier alpha value is -1.41. The second-order valence-electron chi connectivity index (χ2n) is 5.87. The summed E-state index contributed by atoms with van der Waals surface area (Å²) in [4.78, 5) is 13.6. The van der Waals surface area contributed by atoms with Gasteiger partial charge in [-0.1, -0.05) is 6.92 Å². The zero-order valence-corrected chi connectivity index (χ0v) is 12.4. The number of likely N-dealkylation sites (tertiary alicyclic amines) is 1. The van der Waals surface area contributed by atoms with E-state index in [0.29, 0.717) is 23.2 Å². The SMILES string of the molecule is CC1CCN(CC(O)Cn2nc(C(F)(F)F)ccc2=O)CC1. The summed E-state index contributed by atoms with van der Waals surface area (Å²) in [5.74, 6) is 0.654. The van der Waals surface area contributed by atoms with Gasteiger partial charge >= 0.3 is 6.18 Å². The third kappa shape index (κ3) is 4.54. The number of piperidine rings is 1. The van der Waals surface area contributed by atoms with Crippen LogP contribution < -0.4 is 5.56 Å². The zero-order valence-electron chi connectivity index (χ0n) is 12.4. The average molecular weight is 319 g/mol. The summed E-state index contributed by atoms with van der Waals surface area (Å²) in [6.45, 7) is 3.96. The number of nitrogens with zero attached hydrogens (tertiary/aromatic N) is 3. The number of aliphatic hydroxyl groups excluding tert-OH is 1. The van der Waals surface area contributed by atoms with Crippen molar-refractivity contribution in [3.8, 4) is 0 Å². The average Bonchev–Trinajstić information content (AvgIpc) is 2.42. The number of β-amino-alcohol motifs (C(OH)–C–C–N with tert-alkyl or cyclic N) is 1. The van der Waals surface area contributed by atoms with Gasteiger partial charge in [0, 0.05) is 12.6 Å². The Morgan fingerprint density at radius 2 is 1.95 bits per heavy atom. The molecule has 1 unspecified atom stereocenters. The molecule has 0 saturated carbocycles. The van der Waals surface area contributed by atoms with Crippen LogP contribution in [0, 0.1) is 5.92 Å². The largest absolute Gasteiger partial charge is 0.435 e. The van der Waals surface area contributed by atoms with E-state index in [-0.39, 0.29) is 6.54 Å². The second kappa shape index (κ2) is 6.78. The van der Waals surface area contributed by atoms with E-state index in [9.17, 15) is 23.1 Å². The van der Waals surface area contributed by atoms with Gasteiger partial charge in [-0.3, -0.25) is 4.79 Å². The summed E-state index contributed by atoms with van der Waals surface area (Å²) in [6, 6.07) is 1.47. The number of hydrogen-bond acceptors (Lipinski definition) is 4. The monoisotopic (exact) mass is 319 g/mol. The van der Waals surface area contributed by atoms with E-state index >= 15 is 0 Å². The van der Waals surface area contributed by atoms with Gasteiger partial charge in [-0.05, 0) is 37.9 Å². The van der Waals surface area contributed by atoms with Crippen molar-refractivity contribution in [1.82, 2.24) is 14.7 Å². The summed E-state index contributed by atoms with van der Waals surface area (Å²) < 4.78 is 38.5. The molecule has 0 bridgehead atoms. The van der Waals surface area contributed by atoms with Gasteiger partial charge in [-0.25, -0.2) is 4.68 Å². The summed E-state index contributed by atoms with van der Waals surface area (Å²) in [5, 5.41) is 13.3. The number of rotatable bonds is 4. The van der Waals surface area contributed by atoms with E-state index in [1.165, 1.54) is 0 Å². The van der Waals surface area contributed by atoms with Gasteiger partial charge in [0.1, 0.15) is 0 Å². The molecule has 5 nitrogen and oxygen atoms in total. The molecule has 2 heterocycles. The molecule has 0 aromatic carbocycles. The molecule has 0 spiro atoms. The molecule has 0 radical (unpaired) electrons. The molecule has 2 rings (SSSR count). The van der Waals surface area contributed by atoms with E-state index in [2.05, 4.69) is 16.9 Å². The van der Waals surface area contributed by atoms with Crippen molar-refractivity contribution in [3.63, 3.8) is 0 Å². The first-order valence-electron chi connectivity index (χ1n) is 7.31. The molecule has 0 aliphatic carbocycles. The topological polar surface area (TPSA) is 58.4 Å². The van der Waals surface area contributed by atoms with E-state index in [1.54, 1.807) is 0 Å². The Kier molecular flexibility index (Phi) is 5.23. The van der Waals surface area contributed by atoms with Gasteiger partial charge in [0.15, 0.2) is 5.69 Å². The van der Waals surface area contributed by atoms with Crippen LogP contribution >= 0.6 is 0 Å². The predicted octanol–water partition coefficient (Wildman–Crippen LogP) is 1.35. The standard InChI is InChI=1S/C14H20F3N3O2/c1-10-4-6-19(7-5-10)8-11(21)9-20-13(22)3-2-12(18-20)14(15,16)17/h2-3,10-11,21H,4-9H2,1H3. The fraction of sp³-hybridized carbons (Fsp3) is 0.714. The minimum Gasteiger partial charge on any atom is -0.390 e. The third-order valence-corrected chi connectivity index (χ3v) is 3.89. The first-order chi connectivity index (χ1) is 10.3. The van der Waals surface area contributed by atoms with Gasteiger partial charge in [0.05, 0.1) is 12.6 Å². The lowest BCUT2D eigenvalue weighted by Crippen LogP contribution is -2.41. The molecule has 1 fully saturated rings. The molecule has 1 N–H and O–H groups in total. The van der Waals surface area contributed by atoms with Crippen LogP contribution in [-0.4, -0.2) is 45.5 Å². The second-order valence-corrected chi connectivity index (χ2v) is 5.87. The molecular weight excluding hydrogens is 299 g/mol. The normalized spacial score (nSPS) is 19.3. The Balaban J connectivity index is 1.99. The lowest BCUT2D eigenvalue weighted by Gasteiger charge is -2.31. The van der Waals surface area contributed by atoms with Crippen molar-refractivity contribution in [2.45, 2.75) is 38.6 Å². The van der Waals surface area contributed by atoms with E-state index in [0.717, 1.165) is 32.0 Å². The maximum Gasteiger partial charge on any atom is 0.435 e. The number of aromatic nitrogens is 2. The smallest absolute Gasteiger partial charge is 0.390 e. The highest BCUT2D eigenvalue weighted by Crippen LogP contribution is 2.26. The van der Waals surface area contributed by atoms with Crippen LogP contribution in [0.25, 0.3) is 0 Å². The molecule has 22 heavy (non-hydrogen) atoms. The van der Waals surface area contributed by atoms with E-state index in [1.807, 2.05) is 0 Å². The Bertz CT molecular complexity index is 551. The maximum atomic E-state index is 12.6. The summed E-state index contributed by atoms with van der Waals surface area (Å²) in [5.41, 5.74) is -1.79. The minimum absolute atomic E-state index is 0.241. The van der Waals surface area contributed by atoms with Gasteiger partial charge in [0.2, 0.25) is 0 Å². The van der Waals surface area contributed by atoms with Gasteiger partial charge < -0.3 is 10.0 Å². The third-order valence-electron chi connectivity index (χ3n) is 3.89. The van der Waals surface area contributed by atoms with Crippen LogP contribution in [0.2, 0.25) is 0 Å². The highest BCUT2D eigenvalue weighted by Gasteiger charge is 2.33. The molecule has 124 valence electrons. The van der Waals surface area contributed by atoms with Crippen LogP contribution in [0.4, 0.5) is 13.2 Å². The fourth-order valence-corrected chi connectivity index (χ4v) is 2.53. The van der Waals surface area contributed by atoms with Crippen LogP contribution in [-0.2, 0) is 12.7 Å². The molecule has 1 aliphatic rings. The molecule has 1 aliphatic heterocycles.